The van der Waals surface area contributed by atoms with E-state index in [2.05, 4.69) is 5.32 Å². The smallest absolute Gasteiger partial charge is 0.250 e. The Hall–Kier alpha value is -1.48. The van der Waals surface area contributed by atoms with Crippen LogP contribution in [0.1, 0.15) is 25.8 Å². The third-order valence-corrected chi connectivity index (χ3v) is 3.20. The fraction of sp³-hybridized carbons (Fsp3) is 0.357. The van der Waals surface area contributed by atoms with Crippen LogP contribution in [0.4, 0.5) is 0 Å². The van der Waals surface area contributed by atoms with Crippen LogP contribution in [-0.2, 0) is 4.79 Å². The van der Waals surface area contributed by atoms with E-state index in [9.17, 15) is 4.79 Å². The van der Waals surface area contributed by atoms with Crippen molar-refractivity contribution in [1.29, 1.82) is 0 Å². The molecule has 1 aliphatic rings. The summed E-state index contributed by atoms with van der Waals surface area (Å²) in [6, 6.07) is 5.56. The van der Waals surface area contributed by atoms with Crippen molar-refractivity contribution < 1.29 is 9.53 Å². The topological polar surface area (TPSA) is 38.3 Å². The predicted molar refractivity (Wildman–Crippen MR) is 72.8 cm³/mol. The van der Waals surface area contributed by atoms with Crippen LogP contribution in [0.3, 0.4) is 0 Å². The number of halogens is 1. The molecule has 0 fully saturated rings. The number of hydrogen-bond acceptors (Lipinski definition) is 2. The third-order valence-electron chi connectivity index (χ3n) is 2.97. The van der Waals surface area contributed by atoms with Crippen molar-refractivity contribution >= 4 is 23.6 Å². The van der Waals surface area contributed by atoms with Gasteiger partial charge in [-0.15, -0.1) is 0 Å². The van der Waals surface area contributed by atoms with Crippen molar-refractivity contribution in [3.8, 4) is 5.75 Å². The molecule has 0 aromatic heterocycles. The van der Waals surface area contributed by atoms with E-state index in [1.165, 1.54) is 0 Å². The molecule has 1 atom stereocenters. The quantitative estimate of drug-likeness (QED) is 0.912. The summed E-state index contributed by atoms with van der Waals surface area (Å²) in [5.41, 5.74) is 1.48. The highest BCUT2D eigenvalue weighted by atomic mass is 35.5. The van der Waals surface area contributed by atoms with Gasteiger partial charge in [-0.25, -0.2) is 0 Å². The van der Waals surface area contributed by atoms with Gasteiger partial charge in [0.15, 0.2) is 0 Å². The molecule has 0 aliphatic carbocycles. The maximum absolute atomic E-state index is 12.0. The molecule has 18 heavy (non-hydrogen) atoms. The summed E-state index contributed by atoms with van der Waals surface area (Å²) in [6.07, 6.45) is 2.74. The van der Waals surface area contributed by atoms with Gasteiger partial charge in [0.2, 0.25) is 0 Å². The number of carbonyl (C=O) groups is 1. The third kappa shape index (κ3) is 2.85. The molecule has 0 saturated carbocycles. The Morgan fingerprint density at radius 1 is 1.56 bits per heavy atom. The van der Waals surface area contributed by atoms with Gasteiger partial charge >= 0.3 is 0 Å². The Labute approximate surface area is 112 Å². The zero-order valence-corrected chi connectivity index (χ0v) is 11.3. The van der Waals surface area contributed by atoms with E-state index in [4.69, 9.17) is 16.3 Å². The number of carbonyl (C=O) groups excluding carboxylic acids is 1. The molecule has 0 saturated heterocycles. The highest BCUT2D eigenvalue weighted by Crippen LogP contribution is 2.28. The first kappa shape index (κ1) is 13.0. The van der Waals surface area contributed by atoms with Crippen LogP contribution in [0.15, 0.2) is 23.8 Å². The molecule has 0 spiro atoms. The van der Waals surface area contributed by atoms with E-state index in [1.807, 2.05) is 26.0 Å². The Bertz CT molecular complexity index is 497. The van der Waals surface area contributed by atoms with Crippen molar-refractivity contribution in [2.45, 2.75) is 26.3 Å². The van der Waals surface area contributed by atoms with Crippen molar-refractivity contribution in [2.75, 3.05) is 6.61 Å². The second-order valence-electron chi connectivity index (χ2n) is 4.42. The average Bonchev–Trinajstić information content (AvgIpc) is 2.37. The van der Waals surface area contributed by atoms with Crippen LogP contribution in [0.2, 0.25) is 5.02 Å². The standard InChI is InChI=1S/C14H16ClNO2/c1-3-9(2)16-14(17)11-6-10-7-12(15)4-5-13(10)18-8-11/h4-7,9H,3,8H2,1-2H3,(H,16,17)/t9-/m0/s1. The highest BCUT2D eigenvalue weighted by molar-refractivity contribution is 6.30. The van der Waals surface area contributed by atoms with Gasteiger partial charge in [-0.05, 0) is 37.6 Å². The number of rotatable bonds is 3. The Morgan fingerprint density at radius 2 is 2.33 bits per heavy atom. The van der Waals surface area contributed by atoms with Gasteiger partial charge in [0.05, 0.1) is 5.57 Å². The monoisotopic (exact) mass is 265 g/mol. The van der Waals surface area contributed by atoms with Gasteiger partial charge in [0, 0.05) is 16.6 Å². The van der Waals surface area contributed by atoms with Crippen molar-refractivity contribution in [1.82, 2.24) is 5.32 Å². The molecule has 0 unspecified atom stereocenters. The van der Waals surface area contributed by atoms with Gasteiger partial charge in [-0.1, -0.05) is 18.5 Å². The molecule has 1 N–H and O–H groups in total. The van der Waals surface area contributed by atoms with Crippen LogP contribution in [0.25, 0.3) is 6.08 Å². The molecule has 96 valence electrons. The highest BCUT2D eigenvalue weighted by Gasteiger charge is 2.18. The molecular weight excluding hydrogens is 250 g/mol. The maximum Gasteiger partial charge on any atom is 0.250 e. The number of nitrogens with one attached hydrogen (secondary N) is 1. The van der Waals surface area contributed by atoms with Gasteiger partial charge in [0.25, 0.3) is 5.91 Å². The Balaban J connectivity index is 2.19. The summed E-state index contributed by atoms with van der Waals surface area (Å²) in [6.45, 7) is 4.32. The number of fused-ring (bicyclic) bond motifs is 1. The van der Waals surface area contributed by atoms with Gasteiger partial charge < -0.3 is 10.1 Å². The molecule has 1 amide bonds. The first-order valence-electron chi connectivity index (χ1n) is 6.04. The largest absolute Gasteiger partial charge is 0.488 e. The second kappa shape index (κ2) is 5.44. The van der Waals surface area contributed by atoms with Gasteiger partial charge in [-0.2, -0.15) is 0 Å². The lowest BCUT2D eigenvalue weighted by Crippen LogP contribution is -2.35. The van der Waals surface area contributed by atoms with Crippen molar-refractivity contribution in [3.05, 3.63) is 34.4 Å². The Morgan fingerprint density at radius 3 is 3.06 bits per heavy atom. The zero-order chi connectivity index (χ0) is 13.1. The first-order chi connectivity index (χ1) is 8.60. The van der Waals surface area contributed by atoms with E-state index < -0.39 is 0 Å². The van der Waals surface area contributed by atoms with Gasteiger partial charge in [-0.3, -0.25) is 4.79 Å². The summed E-state index contributed by atoms with van der Waals surface area (Å²) < 4.78 is 5.54. The lowest BCUT2D eigenvalue weighted by atomic mass is 10.1. The summed E-state index contributed by atoms with van der Waals surface area (Å²) in [7, 11) is 0. The fourth-order valence-corrected chi connectivity index (χ4v) is 1.88. The van der Waals surface area contributed by atoms with E-state index in [-0.39, 0.29) is 11.9 Å². The lowest BCUT2D eigenvalue weighted by molar-refractivity contribution is -0.118. The molecule has 0 radical (unpaired) electrons. The molecule has 4 heteroatoms. The molecule has 1 aromatic rings. The summed E-state index contributed by atoms with van der Waals surface area (Å²) in [4.78, 5) is 12.0. The number of hydrogen-bond donors (Lipinski definition) is 1. The van der Waals surface area contributed by atoms with Crippen LogP contribution >= 0.6 is 11.6 Å². The van der Waals surface area contributed by atoms with Crippen molar-refractivity contribution in [2.24, 2.45) is 0 Å². The molecule has 1 aliphatic heterocycles. The van der Waals surface area contributed by atoms with Crippen LogP contribution in [-0.4, -0.2) is 18.6 Å². The molecule has 1 aromatic carbocycles. The Kier molecular flexibility index (Phi) is 3.92. The molecule has 1 heterocycles. The molecule has 0 bridgehead atoms. The number of benzene rings is 1. The molecule has 3 nitrogen and oxygen atoms in total. The van der Waals surface area contributed by atoms with Crippen LogP contribution < -0.4 is 10.1 Å². The minimum Gasteiger partial charge on any atom is -0.488 e. The molecule has 2 rings (SSSR count). The normalized spacial score (nSPS) is 15.2. The van der Waals surface area contributed by atoms with E-state index >= 15 is 0 Å². The van der Waals surface area contributed by atoms with E-state index in [0.717, 1.165) is 17.7 Å². The maximum atomic E-state index is 12.0. The fourth-order valence-electron chi connectivity index (χ4n) is 1.70. The van der Waals surface area contributed by atoms with Crippen LogP contribution in [0, 0.1) is 0 Å². The first-order valence-corrected chi connectivity index (χ1v) is 6.41. The predicted octanol–water partition coefficient (Wildman–Crippen LogP) is 3.03. The number of ether oxygens (including phenoxy) is 1. The summed E-state index contributed by atoms with van der Waals surface area (Å²) in [5, 5.41) is 3.56. The van der Waals surface area contributed by atoms with E-state index in [1.54, 1.807) is 12.1 Å². The number of amides is 1. The summed E-state index contributed by atoms with van der Waals surface area (Å²) >= 11 is 5.93. The van der Waals surface area contributed by atoms with Crippen molar-refractivity contribution in [3.63, 3.8) is 0 Å². The SMILES string of the molecule is CC[C@H](C)NC(=O)C1=Cc2cc(Cl)ccc2OC1. The lowest BCUT2D eigenvalue weighted by Gasteiger charge is -2.19. The minimum atomic E-state index is -0.0741. The summed E-state index contributed by atoms with van der Waals surface area (Å²) in [5.74, 6) is 0.689. The van der Waals surface area contributed by atoms with Gasteiger partial charge in [0.1, 0.15) is 12.4 Å². The van der Waals surface area contributed by atoms with E-state index in [0.29, 0.717) is 17.2 Å². The second-order valence-corrected chi connectivity index (χ2v) is 4.86. The zero-order valence-electron chi connectivity index (χ0n) is 10.5. The average molecular weight is 266 g/mol. The molecular formula is C14H16ClNO2. The van der Waals surface area contributed by atoms with Crippen LogP contribution in [0.5, 0.6) is 5.75 Å². The minimum absolute atomic E-state index is 0.0741.